The van der Waals surface area contributed by atoms with Gasteiger partial charge < -0.3 is 5.32 Å². The molecule has 0 radical (unpaired) electrons. The van der Waals surface area contributed by atoms with Crippen LogP contribution in [0.15, 0.2) is 0 Å². The summed E-state index contributed by atoms with van der Waals surface area (Å²) in [6.07, 6.45) is 15.9. The first-order valence-electron chi connectivity index (χ1n) is 9.80. The molecule has 122 valence electrons. The Kier molecular flexibility index (Phi) is 5.61. The first-order valence-corrected chi connectivity index (χ1v) is 9.80. The van der Waals surface area contributed by atoms with E-state index in [1.807, 2.05) is 0 Å². The largest absolute Gasteiger partial charge is 0.314 e. The lowest BCUT2D eigenvalue weighted by atomic mass is 9.78. The third-order valence-electron chi connectivity index (χ3n) is 6.41. The van der Waals surface area contributed by atoms with E-state index in [0.29, 0.717) is 0 Å². The molecule has 2 aliphatic heterocycles. The second-order valence-electron chi connectivity index (χ2n) is 7.99. The van der Waals surface area contributed by atoms with Crippen LogP contribution in [0.4, 0.5) is 0 Å². The Morgan fingerprint density at radius 2 is 1.62 bits per heavy atom. The molecule has 3 rings (SSSR count). The summed E-state index contributed by atoms with van der Waals surface area (Å²) in [6, 6.07) is 3.47. The van der Waals surface area contributed by atoms with Crippen molar-refractivity contribution in [1.82, 2.24) is 10.2 Å². The number of fused-ring (bicyclic) bond motifs is 2. The van der Waals surface area contributed by atoms with Gasteiger partial charge in [0.2, 0.25) is 0 Å². The smallest absolute Gasteiger partial charge is 0.0127 e. The molecule has 1 saturated carbocycles. The van der Waals surface area contributed by atoms with Gasteiger partial charge in [-0.2, -0.15) is 0 Å². The van der Waals surface area contributed by atoms with Crippen molar-refractivity contribution >= 4 is 0 Å². The van der Waals surface area contributed by atoms with Gasteiger partial charge >= 0.3 is 0 Å². The van der Waals surface area contributed by atoms with Crippen LogP contribution in [0.3, 0.4) is 0 Å². The first kappa shape index (κ1) is 15.8. The molecule has 0 spiro atoms. The molecule has 3 fully saturated rings. The summed E-state index contributed by atoms with van der Waals surface area (Å²) in [7, 11) is 0. The van der Waals surface area contributed by atoms with Crippen LogP contribution in [-0.2, 0) is 0 Å². The summed E-state index contributed by atoms with van der Waals surface area (Å²) < 4.78 is 0. The summed E-state index contributed by atoms with van der Waals surface area (Å²) in [5, 5.41) is 3.82. The molecule has 0 aromatic heterocycles. The van der Waals surface area contributed by atoms with Crippen molar-refractivity contribution in [2.45, 2.75) is 109 Å². The molecule has 4 atom stereocenters. The average Bonchev–Trinajstić information content (AvgIpc) is 2.68. The Hall–Kier alpha value is -0.0800. The maximum atomic E-state index is 3.82. The Morgan fingerprint density at radius 3 is 2.33 bits per heavy atom. The third kappa shape index (κ3) is 3.64. The summed E-state index contributed by atoms with van der Waals surface area (Å²) in [5.74, 6) is 0.927. The van der Waals surface area contributed by atoms with Crippen LogP contribution in [0.1, 0.15) is 84.5 Å². The van der Waals surface area contributed by atoms with E-state index in [-0.39, 0.29) is 0 Å². The molecule has 2 saturated heterocycles. The lowest BCUT2D eigenvalue weighted by molar-refractivity contribution is -0.0299. The highest BCUT2D eigenvalue weighted by molar-refractivity contribution is 4.99. The zero-order valence-corrected chi connectivity index (χ0v) is 14.3. The monoisotopic (exact) mass is 292 g/mol. The van der Waals surface area contributed by atoms with Crippen molar-refractivity contribution in [3.63, 3.8) is 0 Å². The lowest BCUT2D eigenvalue weighted by Gasteiger charge is -2.53. The highest BCUT2D eigenvalue weighted by Gasteiger charge is 2.42. The molecular formula is C19H36N2. The number of hydrogen-bond acceptors (Lipinski definition) is 2. The van der Waals surface area contributed by atoms with Crippen LogP contribution in [-0.4, -0.2) is 35.6 Å². The normalized spacial score (nSPS) is 41.7. The molecule has 1 aliphatic carbocycles. The van der Waals surface area contributed by atoms with Gasteiger partial charge in [0.1, 0.15) is 0 Å². The van der Waals surface area contributed by atoms with Gasteiger partial charge in [-0.15, -0.1) is 0 Å². The average molecular weight is 293 g/mol. The molecular weight excluding hydrogens is 256 g/mol. The number of hydrogen-bond donors (Lipinski definition) is 1. The van der Waals surface area contributed by atoms with Crippen LogP contribution >= 0.6 is 0 Å². The molecule has 0 aromatic rings. The van der Waals surface area contributed by atoms with Gasteiger partial charge in [0, 0.05) is 24.2 Å². The van der Waals surface area contributed by atoms with E-state index in [4.69, 9.17) is 0 Å². The van der Waals surface area contributed by atoms with Gasteiger partial charge in [-0.3, -0.25) is 4.90 Å². The molecule has 2 nitrogen and oxygen atoms in total. The molecule has 4 unspecified atom stereocenters. The van der Waals surface area contributed by atoms with Gasteiger partial charge in [0.15, 0.2) is 0 Å². The summed E-state index contributed by atoms with van der Waals surface area (Å²) in [6.45, 7) is 6.03. The quantitative estimate of drug-likeness (QED) is 0.775. The predicted octanol–water partition coefficient (Wildman–Crippen LogP) is 4.34. The highest BCUT2D eigenvalue weighted by atomic mass is 15.2. The Labute approximate surface area is 132 Å². The summed E-state index contributed by atoms with van der Waals surface area (Å²) in [4.78, 5) is 3.03. The number of piperidine rings is 2. The van der Waals surface area contributed by atoms with Crippen LogP contribution in [0.2, 0.25) is 0 Å². The molecule has 2 bridgehead atoms. The van der Waals surface area contributed by atoms with Crippen molar-refractivity contribution in [3.05, 3.63) is 0 Å². The number of rotatable bonds is 4. The van der Waals surface area contributed by atoms with E-state index in [1.54, 1.807) is 0 Å². The van der Waals surface area contributed by atoms with E-state index in [1.165, 1.54) is 77.2 Å². The minimum absolute atomic E-state index is 0.803. The summed E-state index contributed by atoms with van der Waals surface area (Å²) >= 11 is 0. The van der Waals surface area contributed by atoms with Gasteiger partial charge in [-0.05, 0) is 57.4 Å². The Bertz CT molecular complexity index is 303. The van der Waals surface area contributed by atoms with Crippen molar-refractivity contribution < 1.29 is 0 Å². The van der Waals surface area contributed by atoms with Crippen molar-refractivity contribution in [1.29, 1.82) is 0 Å². The minimum Gasteiger partial charge on any atom is -0.314 e. The van der Waals surface area contributed by atoms with E-state index in [0.717, 1.165) is 30.1 Å². The van der Waals surface area contributed by atoms with E-state index in [9.17, 15) is 0 Å². The molecule has 3 aliphatic rings. The maximum Gasteiger partial charge on any atom is 0.0127 e. The summed E-state index contributed by atoms with van der Waals surface area (Å²) in [5.41, 5.74) is 0. The van der Waals surface area contributed by atoms with Crippen LogP contribution < -0.4 is 5.32 Å². The lowest BCUT2D eigenvalue weighted by Crippen LogP contribution is -2.60. The van der Waals surface area contributed by atoms with Crippen molar-refractivity contribution in [2.24, 2.45) is 5.92 Å². The fourth-order valence-electron chi connectivity index (χ4n) is 5.39. The van der Waals surface area contributed by atoms with E-state index < -0.39 is 0 Å². The van der Waals surface area contributed by atoms with Crippen LogP contribution in [0.5, 0.6) is 0 Å². The van der Waals surface area contributed by atoms with Crippen LogP contribution in [0, 0.1) is 5.92 Å². The molecule has 1 N–H and O–H groups in total. The molecule has 0 amide bonds. The van der Waals surface area contributed by atoms with Gasteiger partial charge in [0.25, 0.3) is 0 Å². The fourth-order valence-corrected chi connectivity index (χ4v) is 5.39. The minimum atomic E-state index is 0.803. The Morgan fingerprint density at radius 1 is 0.905 bits per heavy atom. The van der Waals surface area contributed by atoms with Crippen molar-refractivity contribution in [2.75, 3.05) is 6.54 Å². The topological polar surface area (TPSA) is 15.3 Å². The van der Waals surface area contributed by atoms with Crippen molar-refractivity contribution in [3.8, 4) is 0 Å². The standard InChI is InChI=1S/C19H36N2/c1-3-12-20-16-13-17-9-7-10-18(14-16)21(17)19-11-6-4-5-8-15(19)2/h15-20H,3-14H2,1-2H3. The van der Waals surface area contributed by atoms with Gasteiger partial charge in [0.05, 0.1) is 0 Å². The molecule has 0 aromatic carbocycles. The van der Waals surface area contributed by atoms with Gasteiger partial charge in [-0.1, -0.05) is 39.5 Å². The zero-order chi connectivity index (χ0) is 14.7. The maximum absolute atomic E-state index is 3.82. The fraction of sp³-hybridized carbons (Fsp3) is 1.00. The predicted molar refractivity (Wildman–Crippen MR) is 90.6 cm³/mol. The van der Waals surface area contributed by atoms with Gasteiger partial charge in [-0.25, -0.2) is 0 Å². The van der Waals surface area contributed by atoms with Crippen LogP contribution in [0.25, 0.3) is 0 Å². The molecule has 2 heterocycles. The second kappa shape index (κ2) is 7.46. The molecule has 21 heavy (non-hydrogen) atoms. The zero-order valence-electron chi connectivity index (χ0n) is 14.3. The number of nitrogens with zero attached hydrogens (tertiary/aromatic N) is 1. The molecule has 2 heteroatoms. The Balaban J connectivity index is 1.67. The highest BCUT2D eigenvalue weighted by Crippen LogP contribution is 2.40. The van der Waals surface area contributed by atoms with E-state index >= 15 is 0 Å². The van der Waals surface area contributed by atoms with E-state index in [2.05, 4.69) is 24.1 Å². The SMILES string of the molecule is CCCNC1CC2CCCC(C1)N2C1CCCCCC1C. The second-order valence-corrected chi connectivity index (χ2v) is 7.99. The third-order valence-corrected chi connectivity index (χ3v) is 6.41. The first-order chi connectivity index (χ1) is 10.3. The number of nitrogens with one attached hydrogen (secondary N) is 1.